The molecule has 4 rings (SSSR count). The maximum Gasteiger partial charge on any atom is 0.281 e. The molecule has 0 spiro atoms. The van der Waals surface area contributed by atoms with Gasteiger partial charge in [0.1, 0.15) is 11.5 Å². The number of carbonyl (C=O) groups is 1. The van der Waals surface area contributed by atoms with E-state index in [1.54, 1.807) is 0 Å². The number of carbonyl (C=O) groups excluding carboxylic acids is 1. The van der Waals surface area contributed by atoms with Crippen molar-refractivity contribution in [3.05, 3.63) is 102 Å². The lowest BCUT2D eigenvalue weighted by Gasteiger charge is -2.10. The second-order valence-corrected chi connectivity index (χ2v) is 6.33. The first kappa shape index (κ1) is 17.7. The Kier molecular flexibility index (Phi) is 5.02. The minimum absolute atomic E-state index is 0.140. The van der Waals surface area contributed by atoms with Gasteiger partial charge in [0, 0.05) is 5.56 Å². The van der Waals surface area contributed by atoms with Crippen molar-refractivity contribution in [1.82, 2.24) is 0 Å². The molecule has 1 amide bonds. The number of amides is 1. The van der Waals surface area contributed by atoms with E-state index in [1.165, 1.54) is 5.01 Å². The number of hydrogen-bond donors (Lipinski definition) is 0. The van der Waals surface area contributed by atoms with Crippen molar-refractivity contribution in [1.29, 1.82) is 0 Å². The second-order valence-electron chi connectivity index (χ2n) is 6.33. The fourth-order valence-electron chi connectivity index (χ4n) is 3.09. The zero-order valence-electron chi connectivity index (χ0n) is 15.6. The Balaban J connectivity index is 1.75. The van der Waals surface area contributed by atoms with Gasteiger partial charge in [0.05, 0.1) is 17.9 Å². The molecule has 28 heavy (non-hydrogen) atoms. The summed E-state index contributed by atoms with van der Waals surface area (Å²) in [6.45, 7) is 2.57. The van der Waals surface area contributed by atoms with E-state index in [0.29, 0.717) is 17.9 Å². The van der Waals surface area contributed by atoms with Crippen LogP contribution in [0.15, 0.2) is 95.6 Å². The first-order chi connectivity index (χ1) is 13.8. The predicted octanol–water partition coefficient (Wildman–Crippen LogP) is 4.92. The van der Waals surface area contributed by atoms with Crippen LogP contribution in [0.5, 0.6) is 5.75 Å². The zero-order valence-corrected chi connectivity index (χ0v) is 15.6. The van der Waals surface area contributed by atoms with E-state index in [4.69, 9.17) is 4.74 Å². The third-order valence-corrected chi connectivity index (χ3v) is 4.43. The van der Waals surface area contributed by atoms with Gasteiger partial charge in [0.25, 0.3) is 5.91 Å². The Hall–Kier alpha value is -3.66. The van der Waals surface area contributed by atoms with E-state index in [1.807, 2.05) is 97.9 Å². The molecular weight excluding hydrogens is 348 g/mol. The topological polar surface area (TPSA) is 41.9 Å². The lowest BCUT2D eigenvalue weighted by molar-refractivity contribution is -0.114. The summed E-state index contributed by atoms with van der Waals surface area (Å²) in [5.41, 5.74) is 3.82. The van der Waals surface area contributed by atoms with Gasteiger partial charge in [0.15, 0.2) is 0 Å². The number of ether oxygens (including phenoxy) is 1. The van der Waals surface area contributed by atoms with Gasteiger partial charge >= 0.3 is 0 Å². The Morgan fingerprint density at radius 2 is 1.54 bits per heavy atom. The first-order valence-electron chi connectivity index (χ1n) is 9.24. The Morgan fingerprint density at radius 1 is 0.893 bits per heavy atom. The average molecular weight is 368 g/mol. The van der Waals surface area contributed by atoms with Crippen molar-refractivity contribution < 1.29 is 9.53 Å². The van der Waals surface area contributed by atoms with E-state index in [-0.39, 0.29) is 5.91 Å². The summed E-state index contributed by atoms with van der Waals surface area (Å²) in [5.74, 6) is 0.671. The highest BCUT2D eigenvalue weighted by atomic mass is 16.5. The van der Waals surface area contributed by atoms with E-state index >= 15 is 0 Å². The van der Waals surface area contributed by atoms with Crippen LogP contribution in [0.4, 0.5) is 5.69 Å². The lowest BCUT2D eigenvalue weighted by Crippen LogP contribution is -2.21. The number of nitrogens with zero attached hydrogens (tertiary/aromatic N) is 2. The number of hydrogen-bond acceptors (Lipinski definition) is 3. The Morgan fingerprint density at radius 3 is 2.18 bits per heavy atom. The molecule has 1 aliphatic heterocycles. The van der Waals surface area contributed by atoms with Crippen molar-refractivity contribution in [2.45, 2.75) is 6.92 Å². The molecular formula is C24H20N2O2. The summed E-state index contributed by atoms with van der Waals surface area (Å²) < 4.78 is 5.50. The molecule has 138 valence electrons. The van der Waals surface area contributed by atoms with E-state index in [9.17, 15) is 4.79 Å². The molecule has 0 unspecified atom stereocenters. The van der Waals surface area contributed by atoms with Gasteiger partial charge in [-0.05, 0) is 42.8 Å². The van der Waals surface area contributed by atoms with E-state index < -0.39 is 0 Å². The molecule has 1 heterocycles. The number of benzene rings is 3. The lowest BCUT2D eigenvalue weighted by atomic mass is 10.0. The quantitative estimate of drug-likeness (QED) is 0.600. The molecule has 4 nitrogen and oxygen atoms in total. The van der Waals surface area contributed by atoms with Crippen LogP contribution < -0.4 is 9.75 Å². The van der Waals surface area contributed by atoms with Gasteiger partial charge in [-0.15, -0.1) is 0 Å². The van der Waals surface area contributed by atoms with Gasteiger partial charge in [-0.2, -0.15) is 10.1 Å². The summed E-state index contributed by atoms with van der Waals surface area (Å²) in [4.78, 5) is 13.2. The molecule has 0 atom stereocenters. The van der Waals surface area contributed by atoms with Gasteiger partial charge in [-0.25, -0.2) is 0 Å². The third-order valence-electron chi connectivity index (χ3n) is 4.43. The highest BCUT2D eigenvalue weighted by molar-refractivity contribution is 6.37. The maximum absolute atomic E-state index is 13.2. The van der Waals surface area contributed by atoms with Crippen molar-refractivity contribution in [2.75, 3.05) is 11.6 Å². The summed E-state index contributed by atoms with van der Waals surface area (Å²) in [6, 6.07) is 26.9. The van der Waals surface area contributed by atoms with Crippen LogP contribution in [0.3, 0.4) is 0 Å². The summed E-state index contributed by atoms with van der Waals surface area (Å²) in [7, 11) is 0. The Bertz CT molecular complexity index is 1020. The van der Waals surface area contributed by atoms with Crippen LogP contribution >= 0.6 is 0 Å². The third kappa shape index (κ3) is 3.58. The Labute approximate surface area is 164 Å². The fraction of sp³-hybridized carbons (Fsp3) is 0.0833. The molecule has 3 aromatic rings. The number of para-hydroxylation sites is 1. The van der Waals surface area contributed by atoms with Crippen LogP contribution in [0.1, 0.15) is 18.1 Å². The van der Waals surface area contributed by atoms with Crippen LogP contribution in [-0.4, -0.2) is 18.2 Å². The highest BCUT2D eigenvalue weighted by Gasteiger charge is 2.31. The van der Waals surface area contributed by atoms with Crippen molar-refractivity contribution in [3.8, 4) is 5.75 Å². The van der Waals surface area contributed by atoms with Gasteiger partial charge in [-0.3, -0.25) is 4.79 Å². The largest absolute Gasteiger partial charge is 0.494 e. The summed E-state index contributed by atoms with van der Waals surface area (Å²) in [6.07, 6.45) is 1.88. The smallest absolute Gasteiger partial charge is 0.281 e. The SMILES string of the molecule is CCOc1ccc(C=C2C(=O)N(c3ccccc3)N=C2c2ccccc2)cc1. The van der Waals surface area contributed by atoms with Crippen molar-refractivity contribution in [2.24, 2.45) is 5.10 Å². The molecule has 0 radical (unpaired) electrons. The second kappa shape index (κ2) is 7.92. The van der Waals surface area contributed by atoms with Gasteiger partial charge in [0.2, 0.25) is 0 Å². The maximum atomic E-state index is 13.2. The van der Waals surface area contributed by atoms with Crippen LogP contribution in [0.2, 0.25) is 0 Å². The number of rotatable bonds is 5. The number of anilines is 1. The molecule has 0 aliphatic carbocycles. The molecule has 0 saturated carbocycles. The van der Waals surface area contributed by atoms with Crippen molar-refractivity contribution in [3.63, 3.8) is 0 Å². The first-order valence-corrected chi connectivity index (χ1v) is 9.24. The molecule has 0 saturated heterocycles. The monoisotopic (exact) mass is 368 g/mol. The predicted molar refractivity (Wildman–Crippen MR) is 112 cm³/mol. The fourth-order valence-corrected chi connectivity index (χ4v) is 3.09. The minimum Gasteiger partial charge on any atom is -0.494 e. The van der Waals surface area contributed by atoms with Gasteiger partial charge in [-0.1, -0.05) is 60.7 Å². The van der Waals surface area contributed by atoms with Gasteiger partial charge < -0.3 is 4.74 Å². The normalized spacial score (nSPS) is 15.0. The molecule has 0 bridgehead atoms. The number of hydrazone groups is 1. The molecule has 4 heteroatoms. The van der Waals surface area contributed by atoms with E-state index in [2.05, 4.69) is 5.10 Å². The zero-order chi connectivity index (χ0) is 19.3. The molecule has 0 N–H and O–H groups in total. The van der Waals surface area contributed by atoms with Crippen LogP contribution in [0, 0.1) is 0 Å². The standard InChI is InChI=1S/C24H20N2O2/c1-2-28-21-15-13-18(14-16-21)17-22-23(19-9-5-3-6-10-19)25-26(24(22)27)20-11-7-4-8-12-20/h3-17H,2H2,1H3. The van der Waals surface area contributed by atoms with Crippen LogP contribution in [-0.2, 0) is 4.79 Å². The molecule has 3 aromatic carbocycles. The average Bonchev–Trinajstić information content (AvgIpc) is 3.07. The van der Waals surface area contributed by atoms with Crippen LogP contribution in [0.25, 0.3) is 6.08 Å². The molecule has 1 aliphatic rings. The minimum atomic E-state index is -0.140. The van der Waals surface area contributed by atoms with E-state index in [0.717, 1.165) is 22.6 Å². The summed E-state index contributed by atoms with van der Waals surface area (Å²) in [5, 5.41) is 6.10. The molecule has 0 fully saturated rings. The molecule has 0 aromatic heterocycles. The highest BCUT2D eigenvalue weighted by Crippen LogP contribution is 2.28. The summed E-state index contributed by atoms with van der Waals surface area (Å²) >= 11 is 0. The van der Waals surface area contributed by atoms with Crippen molar-refractivity contribution >= 4 is 23.4 Å².